The zero-order valence-electron chi connectivity index (χ0n) is 9.41. The number of nitrogens with zero attached hydrogens (tertiary/aromatic N) is 2. The van der Waals surface area contributed by atoms with Gasteiger partial charge in [0.25, 0.3) is 0 Å². The van der Waals surface area contributed by atoms with Crippen LogP contribution in [-0.4, -0.2) is 9.78 Å². The van der Waals surface area contributed by atoms with E-state index in [2.05, 4.69) is 5.10 Å². The third kappa shape index (κ3) is 1.51. The highest BCUT2D eigenvalue weighted by Gasteiger charge is 2.19. The van der Waals surface area contributed by atoms with Gasteiger partial charge in [-0.3, -0.25) is 4.68 Å². The van der Waals surface area contributed by atoms with Crippen molar-refractivity contribution >= 4 is 10.9 Å². The van der Waals surface area contributed by atoms with E-state index < -0.39 is 0 Å². The van der Waals surface area contributed by atoms with Crippen LogP contribution in [0.15, 0.2) is 18.2 Å². The summed E-state index contributed by atoms with van der Waals surface area (Å²) in [7, 11) is 0. The second-order valence-electron chi connectivity index (χ2n) is 4.73. The zero-order chi connectivity index (χ0) is 11.1. The van der Waals surface area contributed by atoms with Gasteiger partial charge >= 0.3 is 0 Å². The molecule has 2 nitrogen and oxygen atoms in total. The Morgan fingerprint density at radius 1 is 1.44 bits per heavy atom. The molecule has 0 atom stereocenters. The van der Waals surface area contributed by atoms with Gasteiger partial charge in [0.1, 0.15) is 5.82 Å². The molecule has 0 radical (unpaired) electrons. The van der Waals surface area contributed by atoms with Crippen LogP contribution >= 0.6 is 0 Å². The molecular weight excluding hydrogens is 203 g/mol. The van der Waals surface area contributed by atoms with Crippen LogP contribution in [0.3, 0.4) is 0 Å². The summed E-state index contributed by atoms with van der Waals surface area (Å²) in [6.07, 6.45) is 3.96. The molecule has 3 heteroatoms. The minimum Gasteiger partial charge on any atom is -0.264 e. The minimum atomic E-state index is -0.182. The van der Waals surface area contributed by atoms with E-state index in [1.165, 1.54) is 25.3 Å². The number of hydrogen-bond acceptors (Lipinski definition) is 1. The fraction of sp³-hybridized carbons (Fsp3) is 0.462. The van der Waals surface area contributed by atoms with Crippen LogP contribution in [0.4, 0.5) is 4.39 Å². The largest absolute Gasteiger partial charge is 0.264 e. The lowest BCUT2D eigenvalue weighted by molar-refractivity contribution is 0.269. The van der Waals surface area contributed by atoms with Gasteiger partial charge in [0, 0.05) is 11.9 Å². The summed E-state index contributed by atoms with van der Waals surface area (Å²) in [5.74, 6) is 0.589. The first kappa shape index (κ1) is 9.82. The average molecular weight is 218 g/mol. The van der Waals surface area contributed by atoms with E-state index in [1.807, 2.05) is 17.7 Å². The Bertz CT molecular complexity index is 526. The molecule has 1 aliphatic carbocycles. The highest BCUT2D eigenvalue weighted by Crippen LogP contribution is 2.29. The van der Waals surface area contributed by atoms with Crippen molar-refractivity contribution in [1.29, 1.82) is 0 Å². The molecule has 0 aliphatic heterocycles. The molecule has 0 bridgehead atoms. The maximum atomic E-state index is 13.1. The molecule has 1 aromatic carbocycles. The van der Waals surface area contributed by atoms with Gasteiger partial charge in [-0.1, -0.05) is 6.42 Å². The molecule has 1 fully saturated rings. The Balaban J connectivity index is 2.03. The molecule has 0 saturated heterocycles. The van der Waals surface area contributed by atoms with E-state index in [0.29, 0.717) is 0 Å². The van der Waals surface area contributed by atoms with E-state index in [9.17, 15) is 4.39 Å². The summed E-state index contributed by atoms with van der Waals surface area (Å²) in [5, 5.41) is 5.45. The Morgan fingerprint density at radius 3 is 2.94 bits per heavy atom. The van der Waals surface area contributed by atoms with Crippen LogP contribution in [0.2, 0.25) is 0 Å². The van der Waals surface area contributed by atoms with E-state index in [1.54, 1.807) is 6.07 Å². The van der Waals surface area contributed by atoms with Crippen LogP contribution in [-0.2, 0) is 6.54 Å². The quantitative estimate of drug-likeness (QED) is 0.756. The third-order valence-electron chi connectivity index (χ3n) is 3.55. The first-order valence-corrected chi connectivity index (χ1v) is 5.87. The predicted octanol–water partition coefficient (Wildman–Crippen LogP) is 3.28. The highest BCUT2D eigenvalue weighted by molar-refractivity contribution is 5.81. The second kappa shape index (κ2) is 3.58. The summed E-state index contributed by atoms with van der Waals surface area (Å²) < 4.78 is 15.2. The molecule has 1 aromatic heterocycles. The normalized spacial score (nSPS) is 16.6. The Morgan fingerprint density at radius 2 is 2.25 bits per heavy atom. The van der Waals surface area contributed by atoms with Gasteiger partial charge in [-0.05, 0) is 43.9 Å². The lowest BCUT2D eigenvalue weighted by atomic mass is 9.85. The minimum absolute atomic E-state index is 0.182. The number of fused-ring (bicyclic) bond motifs is 1. The molecule has 0 N–H and O–H groups in total. The van der Waals surface area contributed by atoms with Gasteiger partial charge in [-0.25, -0.2) is 4.39 Å². The number of hydrogen-bond donors (Lipinski definition) is 0. The number of halogens is 1. The fourth-order valence-corrected chi connectivity index (χ4v) is 2.37. The Labute approximate surface area is 94.1 Å². The Kier molecular flexibility index (Phi) is 2.20. The second-order valence-corrected chi connectivity index (χ2v) is 4.73. The molecule has 1 heterocycles. The summed E-state index contributed by atoms with van der Waals surface area (Å²) in [4.78, 5) is 0. The number of benzene rings is 1. The molecule has 2 aromatic rings. The van der Waals surface area contributed by atoms with Crippen molar-refractivity contribution in [2.45, 2.75) is 32.7 Å². The lowest BCUT2D eigenvalue weighted by Crippen LogP contribution is -2.18. The van der Waals surface area contributed by atoms with Crippen molar-refractivity contribution in [2.24, 2.45) is 5.92 Å². The fourth-order valence-electron chi connectivity index (χ4n) is 2.37. The van der Waals surface area contributed by atoms with Crippen LogP contribution in [0.1, 0.15) is 25.0 Å². The molecular formula is C13H15FN2. The number of aromatic nitrogens is 2. The summed E-state index contributed by atoms with van der Waals surface area (Å²) in [6.45, 7) is 2.93. The summed E-state index contributed by atoms with van der Waals surface area (Å²) in [6, 6.07) is 4.93. The maximum absolute atomic E-state index is 13.1. The monoisotopic (exact) mass is 218 g/mol. The van der Waals surface area contributed by atoms with E-state index >= 15 is 0 Å². The average Bonchev–Trinajstić information content (AvgIpc) is 2.50. The van der Waals surface area contributed by atoms with Crippen LogP contribution in [0, 0.1) is 18.7 Å². The topological polar surface area (TPSA) is 17.8 Å². The van der Waals surface area contributed by atoms with E-state index in [4.69, 9.17) is 0 Å². The van der Waals surface area contributed by atoms with Gasteiger partial charge in [0.05, 0.1) is 11.2 Å². The maximum Gasteiger partial charge on any atom is 0.124 e. The van der Waals surface area contributed by atoms with Crippen LogP contribution in [0.5, 0.6) is 0 Å². The zero-order valence-corrected chi connectivity index (χ0v) is 9.41. The van der Waals surface area contributed by atoms with Gasteiger partial charge in [0.15, 0.2) is 0 Å². The smallest absolute Gasteiger partial charge is 0.124 e. The van der Waals surface area contributed by atoms with E-state index in [-0.39, 0.29) is 5.82 Å². The first-order valence-electron chi connectivity index (χ1n) is 5.87. The molecule has 0 unspecified atom stereocenters. The van der Waals surface area contributed by atoms with Gasteiger partial charge in [0.2, 0.25) is 0 Å². The van der Waals surface area contributed by atoms with Crippen molar-refractivity contribution in [3.8, 4) is 0 Å². The first-order chi connectivity index (χ1) is 7.74. The lowest BCUT2D eigenvalue weighted by Gasteiger charge is -2.25. The van der Waals surface area contributed by atoms with Crippen LogP contribution < -0.4 is 0 Å². The van der Waals surface area contributed by atoms with Gasteiger partial charge in [-0.15, -0.1) is 0 Å². The van der Waals surface area contributed by atoms with Crippen molar-refractivity contribution in [2.75, 3.05) is 0 Å². The summed E-state index contributed by atoms with van der Waals surface area (Å²) in [5.41, 5.74) is 1.99. The van der Waals surface area contributed by atoms with E-state index in [0.717, 1.165) is 29.1 Å². The predicted molar refractivity (Wildman–Crippen MR) is 61.8 cm³/mol. The highest BCUT2D eigenvalue weighted by atomic mass is 19.1. The van der Waals surface area contributed by atoms with Crippen molar-refractivity contribution in [3.63, 3.8) is 0 Å². The van der Waals surface area contributed by atoms with Gasteiger partial charge in [-0.2, -0.15) is 5.10 Å². The van der Waals surface area contributed by atoms with Crippen LogP contribution in [0.25, 0.3) is 10.9 Å². The number of aryl methyl sites for hydroxylation is 1. The molecule has 84 valence electrons. The third-order valence-corrected chi connectivity index (χ3v) is 3.55. The molecule has 0 amide bonds. The van der Waals surface area contributed by atoms with Crippen molar-refractivity contribution in [3.05, 3.63) is 29.7 Å². The molecule has 0 spiro atoms. The Hall–Kier alpha value is -1.38. The molecule has 1 saturated carbocycles. The van der Waals surface area contributed by atoms with Gasteiger partial charge < -0.3 is 0 Å². The molecule has 1 aliphatic rings. The number of rotatable bonds is 2. The standard InChI is InChI=1S/C13H15FN2/c1-9-12-7-11(14)5-6-13(12)16(15-9)8-10-3-2-4-10/h5-7,10H,2-4,8H2,1H3. The molecule has 3 rings (SSSR count). The van der Waals surface area contributed by atoms with Crippen molar-refractivity contribution in [1.82, 2.24) is 9.78 Å². The summed E-state index contributed by atoms with van der Waals surface area (Å²) >= 11 is 0. The van der Waals surface area contributed by atoms with Crippen molar-refractivity contribution < 1.29 is 4.39 Å². The molecule has 16 heavy (non-hydrogen) atoms. The SMILES string of the molecule is Cc1nn(CC2CCC2)c2ccc(F)cc12.